The maximum absolute atomic E-state index is 13.5. The molecule has 0 aromatic rings. The van der Waals surface area contributed by atoms with Crippen molar-refractivity contribution in [2.24, 2.45) is 0 Å². The predicted molar refractivity (Wildman–Crippen MR) is 374 cm³/mol. The van der Waals surface area contributed by atoms with E-state index in [9.17, 15) is 35.1 Å². The van der Waals surface area contributed by atoms with Crippen LogP contribution >= 0.6 is 0 Å². The summed E-state index contributed by atoms with van der Waals surface area (Å²) in [5, 5.41) is 57.3. The molecule has 0 spiro atoms. The Morgan fingerprint density at radius 1 is 0.449 bits per heavy atom. The SMILES string of the molecule is CC/C=C\C/C=C\C/C=C\C/C=C\C/C=C\C/C=C\CCCCC(=O)OC1C(OCC(NC(=O)C(O)CCCCCCCCCCCC/C=C\C/C=C\C/C=C\C/C=C\CCCCC)C(O)/C=C/CCCCCCCCCCCCC)OC(CO)C(O)C1O. The molecule has 89 heavy (non-hydrogen) atoms. The van der Waals surface area contributed by atoms with E-state index < -0.39 is 67.4 Å². The molecule has 1 aliphatic rings. The van der Waals surface area contributed by atoms with Crippen LogP contribution in [-0.4, -0.2) is 99.6 Å². The smallest absolute Gasteiger partial charge is 0.306 e. The van der Waals surface area contributed by atoms with Gasteiger partial charge in [-0.15, -0.1) is 0 Å². The van der Waals surface area contributed by atoms with Crippen molar-refractivity contribution in [3.8, 4) is 0 Å². The lowest BCUT2D eigenvalue weighted by Gasteiger charge is -2.41. The molecule has 0 aromatic carbocycles. The molecular weight excluding hydrogens is 1110 g/mol. The van der Waals surface area contributed by atoms with Crippen molar-refractivity contribution in [3.63, 3.8) is 0 Å². The maximum atomic E-state index is 13.5. The number of ether oxygens (including phenoxy) is 3. The lowest BCUT2D eigenvalue weighted by molar-refractivity contribution is -0.305. The van der Waals surface area contributed by atoms with Crippen LogP contribution in [-0.2, 0) is 23.8 Å². The minimum absolute atomic E-state index is 0.0615. The lowest BCUT2D eigenvalue weighted by atomic mass is 9.99. The summed E-state index contributed by atoms with van der Waals surface area (Å²) in [6.45, 7) is 5.64. The third-order valence-electron chi connectivity index (χ3n) is 16.0. The summed E-state index contributed by atoms with van der Waals surface area (Å²) < 4.78 is 17.6. The zero-order chi connectivity index (χ0) is 64.6. The van der Waals surface area contributed by atoms with Crippen LogP contribution in [0.3, 0.4) is 0 Å². The van der Waals surface area contributed by atoms with Crippen molar-refractivity contribution in [2.45, 2.75) is 333 Å². The molecular formula is C78H131NO10. The molecule has 1 heterocycles. The number of allylic oxidation sites excluding steroid dienone is 21. The summed E-state index contributed by atoms with van der Waals surface area (Å²) in [5.74, 6) is -1.25. The Morgan fingerprint density at radius 2 is 0.809 bits per heavy atom. The number of esters is 1. The molecule has 0 radical (unpaired) electrons. The van der Waals surface area contributed by atoms with Gasteiger partial charge in [0.2, 0.25) is 5.91 Å². The van der Waals surface area contributed by atoms with Gasteiger partial charge in [-0.2, -0.15) is 0 Å². The fourth-order valence-corrected chi connectivity index (χ4v) is 10.4. The van der Waals surface area contributed by atoms with Crippen LogP contribution < -0.4 is 5.32 Å². The zero-order valence-corrected chi connectivity index (χ0v) is 56.5. The molecule has 8 unspecified atom stereocenters. The van der Waals surface area contributed by atoms with Crippen LogP contribution in [0.5, 0.6) is 0 Å². The van der Waals surface area contributed by atoms with Gasteiger partial charge in [0.25, 0.3) is 0 Å². The van der Waals surface area contributed by atoms with E-state index in [1.165, 1.54) is 116 Å². The average molecular weight is 1240 g/mol. The number of carbonyl (C=O) groups is 2. The fourth-order valence-electron chi connectivity index (χ4n) is 10.4. The van der Waals surface area contributed by atoms with Crippen molar-refractivity contribution < 1.29 is 49.3 Å². The van der Waals surface area contributed by atoms with Crippen molar-refractivity contribution in [3.05, 3.63) is 134 Å². The zero-order valence-electron chi connectivity index (χ0n) is 56.5. The van der Waals surface area contributed by atoms with Gasteiger partial charge in [0, 0.05) is 6.42 Å². The number of nitrogens with one attached hydrogen (secondary N) is 1. The Morgan fingerprint density at radius 3 is 1.24 bits per heavy atom. The number of rotatable bonds is 60. The Labute approximate surface area is 543 Å². The van der Waals surface area contributed by atoms with Crippen LogP contribution in [0.25, 0.3) is 0 Å². The minimum atomic E-state index is -1.64. The van der Waals surface area contributed by atoms with E-state index in [-0.39, 0.29) is 19.4 Å². The second-order valence-corrected chi connectivity index (χ2v) is 24.2. The summed E-state index contributed by atoms with van der Waals surface area (Å²) in [6.07, 6.45) is 80.5. The fraction of sp³-hybridized carbons (Fsp3) is 0.692. The van der Waals surface area contributed by atoms with Gasteiger partial charge >= 0.3 is 5.97 Å². The highest BCUT2D eigenvalue weighted by Gasteiger charge is 2.47. The molecule has 8 atom stereocenters. The monoisotopic (exact) mass is 1240 g/mol. The predicted octanol–water partition coefficient (Wildman–Crippen LogP) is 18.7. The second kappa shape index (κ2) is 63.9. The van der Waals surface area contributed by atoms with Gasteiger partial charge in [0.1, 0.15) is 24.4 Å². The first-order valence-corrected chi connectivity index (χ1v) is 36.0. The van der Waals surface area contributed by atoms with E-state index in [4.69, 9.17) is 14.2 Å². The molecule has 1 fully saturated rings. The van der Waals surface area contributed by atoms with E-state index in [0.717, 1.165) is 122 Å². The van der Waals surface area contributed by atoms with Crippen molar-refractivity contribution in [1.82, 2.24) is 5.32 Å². The highest BCUT2D eigenvalue weighted by molar-refractivity contribution is 5.80. The molecule has 1 amide bonds. The normalized spacial score (nSPS) is 18.9. The largest absolute Gasteiger partial charge is 0.454 e. The van der Waals surface area contributed by atoms with Gasteiger partial charge in [0.15, 0.2) is 12.4 Å². The number of amides is 1. The molecule has 1 rings (SSSR count). The van der Waals surface area contributed by atoms with Gasteiger partial charge in [-0.25, -0.2) is 0 Å². The van der Waals surface area contributed by atoms with E-state index in [0.29, 0.717) is 12.8 Å². The lowest BCUT2D eigenvalue weighted by Crippen LogP contribution is -2.61. The minimum Gasteiger partial charge on any atom is -0.454 e. The van der Waals surface area contributed by atoms with Crippen molar-refractivity contribution >= 4 is 11.9 Å². The Kier molecular flexibility index (Phi) is 59.5. The van der Waals surface area contributed by atoms with E-state index >= 15 is 0 Å². The Bertz CT molecular complexity index is 1960. The molecule has 1 aliphatic heterocycles. The van der Waals surface area contributed by atoms with E-state index in [1.54, 1.807) is 6.08 Å². The molecule has 1 saturated heterocycles. The number of hydrogen-bond donors (Lipinski definition) is 6. The van der Waals surface area contributed by atoms with Gasteiger partial charge in [-0.3, -0.25) is 9.59 Å². The first-order chi connectivity index (χ1) is 43.7. The van der Waals surface area contributed by atoms with Crippen molar-refractivity contribution in [1.29, 1.82) is 0 Å². The molecule has 11 heteroatoms. The van der Waals surface area contributed by atoms with E-state index in [2.05, 4.69) is 148 Å². The highest BCUT2D eigenvalue weighted by Crippen LogP contribution is 2.26. The number of carbonyl (C=O) groups excluding carboxylic acids is 2. The third-order valence-corrected chi connectivity index (χ3v) is 16.0. The van der Waals surface area contributed by atoms with E-state index in [1.807, 2.05) is 6.08 Å². The number of aliphatic hydroxyl groups excluding tert-OH is 5. The summed E-state index contributed by atoms with van der Waals surface area (Å²) >= 11 is 0. The quantitative estimate of drug-likeness (QED) is 0.0195. The topological polar surface area (TPSA) is 175 Å². The van der Waals surface area contributed by atoms with Crippen LogP contribution in [0.4, 0.5) is 0 Å². The van der Waals surface area contributed by atoms with Crippen LogP contribution in [0.1, 0.15) is 284 Å². The van der Waals surface area contributed by atoms with Crippen molar-refractivity contribution in [2.75, 3.05) is 13.2 Å². The summed E-state index contributed by atoms with van der Waals surface area (Å²) in [6, 6.07) is -1.05. The maximum Gasteiger partial charge on any atom is 0.306 e. The molecule has 508 valence electrons. The summed E-state index contributed by atoms with van der Waals surface area (Å²) in [5.41, 5.74) is 0. The molecule has 0 aromatic heterocycles. The molecule has 0 aliphatic carbocycles. The highest BCUT2D eigenvalue weighted by atomic mass is 16.7. The van der Waals surface area contributed by atoms with Gasteiger partial charge in [-0.1, -0.05) is 289 Å². The number of aliphatic hydroxyl groups is 5. The Balaban J connectivity index is 2.63. The molecule has 6 N–H and O–H groups in total. The van der Waals surface area contributed by atoms with Gasteiger partial charge in [-0.05, 0) is 122 Å². The average Bonchev–Trinajstić information content (AvgIpc) is 2.24. The van der Waals surface area contributed by atoms with Crippen LogP contribution in [0, 0.1) is 0 Å². The second-order valence-electron chi connectivity index (χ2n) is 24.2. The summed E-state index contributed by atoms with van der Waals surface area (Å²) in [7, 11) is 0. The Hall–Kier alpha value is -4.20. The van der Waals surface area contributed by atoms with Gasteiger partial charge < -0.3 is 45.1 Å². The van der Waals surface area contributed by atoms with Crippen LogP contribution in [0.15, 0.2) is 134 Å². The first kappa shape index (κ1) is 82.8. The number of hydrogen-bond acceptors (Lipinski definition) is 10. The molecule has 0 bridgehead atoms. The summed E-state index contributed by atoms with van der Waals surface area (Å²) in [4.78, 5) is 26.7. The molecule has 11 nitrogen and oxygen atoms in total. The van der Waals surface area contributed by atoms with Crippen LogP contribution in [0.2, 0.25) is 0 Å². The molecule has 0 saturated carbocycles. The van der Waals surface area contributed by atoms with Gasteiger partial charge in [0.05, 0.1) is 25.4 Å². The number of unbranched alkanes of at least 4 members (excludes halogenated alkanes) is 26. The standard InChI is InChI=1S/C78H131NO10/c1-4-7-10-13-16-19-22-25-27-29-31-33-34-35-36-37-39-40-42-44-47-50-53-56-59-62-65-71(82)77(86)79-69(70(81)64-61-58-55-52-49-46-24-21-18-15-12-9-6-3)68-87-78-76(75(85)74(84)72(67-80)88-78)89-73(83)66-63-60-57-54-51-48-45-43-41-38-32-30-28-26-23-20-17-14-11-8-5-2/h8,11,16-17,19-20,25-28,31-33,35-36,38,43,45,51,54,61,64,69-72,74-76,78,80-82,84-85H,4-7,9-10,12-15,18,21-24,29-30,34,37,39-42,44,46-50,52-53,55-60,62-63,65-68H2,1-3H3,(H,79,86)/b11-8-,19-16-,20-17-,27-25-,28-26-,33-31-,36-35-,38-32-,45-43-,54-51-,64-61+. The first-order valence-electron chi connectivity index (χ1n) is 36.0. The third kappa shape index (κ3) is 51.1.